The molecule has 1 atom stereocenters. The molecule has 1 N–H and O–H groups in total. The molecule has 0 aromatic heterocycles. The summed E-state index contributed by atoms with van der Waals surface area (Å²) in [5.41, 5.74) is 1.20. The van der Waals surface area contributed by atoms with Crippen molar-refractivity contribution in [2.24, 2.45) is 0 Å². The van der Waals surface area contributed by atoms with E-state index in [0.717, 1.165) is 19.0 Å². The van der Waals surface area contributed by atoms with E-state index in [1.807, 2.05) is 18.2 Å². The van der Waals surface area contributed by atoms with Gasteiger partial charge in [0.1, 0.15) is 5.75 Å². The molecule has 82 valence electrons. The minimum atomic E-state index is 0.301. The molecule has 1 heterocycles. The van der Waals surface area contributed by atoms with E-state index in [9.17, 15) is 0 Å². The number of rotatable bonds is 4. The molecule has 15 heavy (non-hydrogen) atoms. The summed E-state index contributed by atoms with van der Waals surface area (Å²) in [4.78, 5) is 0. The van der Waals surface area contributed by atoms with E-state index in [1.54, 1.807) is 7.11 Å². The zero-order valence-corrected chi connectivity index (χ0v) is 9.19. The summed E-state index contributed by atoms with van der Waals surface area (Å²) in [6.45, 7) is 3.79. The molecular weight excluding hydrogens is 190 g/mol. The van der Waals surface area contributed by atoms with Gasteiger partial charge >= 0.3 is 0 Å². The Hall–Kier alpha value is -1.06. The molecule has 3 heteroatoms. The van der Waals surface area contributed by atoms with Crippen molar-refractivity contribution in [1.29, 1.82) is 0 Å². The van der Waals surface area contributed by atoms with Crippen molar-refractivity contribution in [3.8, 4) is 5.75 Å². The van der Waals surface area contributed by atoms with Crippen molar-refractivity contribution in [3.63, 3.8) is 0 Å². The van der Waals surface area contributed by atoms with Crippen LogP contribution in [0.5, 0.6) is 5.75 Å². The fourth-order valence-corrected chi connectivity index (χ4v) is 1.80. The van der Waals surface area contributed by atoms with Gasteiger partial charge in [-0.1, -0.05) is 18.2 Å². The van der Waals surface area contributed by atoms with Crippen molar-refractivity contribution in [1.82, 2.24) is 5.32 Å². The predicted molar refractivity (Wildman–Crippen MR) is 59.2 cm³/mol. The number of benzene rings is 1. The van der Waals surface area contributed by atoms with Gasteiger partial charge in [0.25, 0.3) is 0 Å². The van der Waals surface area contributed by atoms with Crippen LogP contribution in [-0.2, 0) is 4.74 Å². The van der Waals surface area contributed by atoms with Crippen LogP contribution in [0, 0.1) is 0 Å². The van der Waals surface area contributed by atoms with Crippen molar-refractivity contribution in [3.05, 3.63) is 29.8 Å². The highest BCUT2D eigenvalue weighted by atomic mass is 16.5. The molecule has 3 nitrogen and oxygen atoms in total. The van der Waals surface area contributed by atoms with Crippen LogP contribution < -0.4 is 10.1 Å². The van der Waals surface area contributed by atoms with Crippen LogP contribution in [0.2, 0.25) is 0 Å². The highest BCUT2D eigenvalue weighted by molar-refractivity contribution is 5.35. The second-order valence-electron chi connectivity index (χ2n) is 3.86. The highest BCUT2D eigenvalue weighted by Gasteiger charge is 2.21. The predicted octanol–water partition coefficient (Wildman–Crippen LogP) is 1.74. The first-order chi connectivity index (χ1) is 7.31. The van der Waals surface area contributed by atoms with Crippen molar-refractivity contribution >= 4 is 0 Å². The van der Waals surface area contributed by atoms with Gasteiger partial charge in [-0.25, -0.2) is 0 Å². The standard InChI is InChI=1S/C12H17NO2/c1-9(13-10-7-15-8-10)11-5-3-4-6-12(11)14-2/h3-6,9-10,13H,7-8H2,1-2H3. The quantitative estimate of drug-likeness (QED) is 0.815. The SMILES string of the molecule is COc1ccccc1C(C)NC1COC1. The summed E-state index contributed by atoms with van der Waals surface area (Å²) in [5, 5.41) is 3.50. The maximum absolute atomic E-state index is 5.33. The van der Waals surface area contributed by atoms with Gasteiger partial charge in [0.05, 0.1) is 26.4 Å². The summed E-state index contributed by atoms with van der Waals surface area (Å²) in [5.74, 6) is 0.942. The zero-order chi connectivity index (χ0) is 10.7. The third-order valence-electron chi connectivity index (χ3n) is 2.73. The summed E-state index contributed by atoms with van der Waals surface area (Å²) in [7, 11) is 1.71. The number of hydrogen-bond donors (Lipinski definition) is 1. The van der Waals surface area contributed by atoms with Gasteiger partial charge in [0, 0.05) is 11.6 Å². The molecular formula is C12H17NO2. The summed E-state index contributed by atoms with van der Waals surface area (Å²) in [6.07, 6.45) is 0. The highest BCUT2D eigenvalue weighted by Crippen LogP contribution is 2.25. The lowest BCUT2D eigenvalue weighted by molar-refractivity contribution is -0.00934. The Morgan fingerprint density at radius 1 is 1.40 bits per heavy atom. The van der Waals surface area contributed by atoms with Crippen LogP contribution in [0.1, 0.15) is 18.5 Å². The smallest absolute Gasteiger partial charge is 0.123 e. The first-order valence-corrected chi connectivity index (χ1v) is 5.28. The van der Waals surface area contributed by atoms with Crippen LogP contribution in [-0.4, -0.2) is 26.4 Å². The molecule has 0 spiro atoms. The van der Waals surface area contributed by atoms with Crippen LogP contribution in [0.4, 0.5) is 0 Å². The Morgan fingerprint density at radius 3 is 2.73 bits per heavy atom. The third kappa shape index (κ3) is 2.30. The van der Waals surface area contributed by atoms with Crippen molar-refractivity contribution in [2.75, 3.05) is 20.3 Å². The first-order valence-electron chi connectivity index (χ1n) is 5.28. The van der Waals surface area contributed by atoms with Gasteiger partial charge in [-0.2, -0.15) is 0 Å². The average Bonchev–Trinajstić information content (AvgIpc) is 2.23. The molecule has 0 aliphatic carbocycles. The molecule has 1 aliphatic heterocycles. The van der Waals surface area contributed by atoms with Gasteiger partial charge in [-0.15, -0.1) is 0 Å². The number of hydrogen-bond acceptors (Lipinski definition) is 3. The second-order valence-corrected chi connectivity index (χ2v) is 3.86. The number of methoxy groups -OCH3 is 1. The fourth-order valence-electron chi connectivity index (χ4n) is 1.80. The topological polar surface area (TPSA) is 30.5 Å². The van der Waals surface area contributed by atoms with Gasteiger partial charge in [-0.05, 0) is 13.0 Å². The lowest BCUT2D eigenvalue weighted by atomic mass is 10.1. The maximum atomic E-state index is 5.33. The monoisotopic (exact) mass is 207 g/mol. The van der Waals surface area contributed by atoms with E-state index in [1.165, 1.54) is 5.56 Å². The van der Waals surface area contributed by atoms with Gasteiger partial charge in [0.15, 0.2) is 0 Å². The first kappa shape index (κ1) is 10.5. The minimum Gasteiger partial charge on any atom is -0.496 e. The summed E-state index contributed by atoms with van der Waals surface area (Å²) in [6, 6.07) is 8.90. The molecule has 2 rings (SSSR count). The molecule has 1 unspecified atom stereocenters. The van der Waals surface area contributed by atoms with E-state index in [0.29, 0.717) is 12.1 Å². The van der Waals surface area contributed by atoms with Gasteiger partial charge in [-0.3, -0.25) is 0 Å². The van der Waals surface area contributed by atoms with E-state index < -0.39 is 0 Å². The lowest BCUT2D eigenvalue weighted by Crippen LogP contribution is -2.46. The van der Waals surface area contributed by atoms with Gasteiger partial charge in [0.2, 0.25) is 0 Å². The summed E-state index contributed by atoms with van der Waals surface area (Å²) >= 11 is 0. The number of nitrogens with one attached hydrogen (secondary N) is 1. The average molecular weight is 207 g/mol. The normalized spacial score (nSPS) is 18.3. The molecule has 0 saturated carbocycles. The summed E-state index contributed by atoms with van der Waals surface area (Å²) < 4.78 is 10.5. The minimum absolute atomic E-state index is 0.301. The molecule has 1 aliphatic rings. The Bertz CT molecular complexity index is 323. The van der Waals surface area contributed by atoms with Crippen molar-refractivity contribution in [2.45, 2.75) is 19.0 Å². The van der Waals surface area contributed by atoms with E-state index in [2.05, 4.69) is 18.3 Å². The Morgan fingerprint density at radius 2 is 2.13 bits per heavy atom. The van der Waals surface area contributed by atoms with Crippen LogP contribution in [0.25, 0.3) is 0 Å². The Kier molecular flexibility index (Phi) is 3.23. The fraction of sp³-hybridized carbons (Fsp3) is 0.500. The lowest BCUT2D eigenvalue weighted by Gasteiger charge is -2.30. The Balaban J connectivity index is 2.05. The molecule has 1 fully saturated rings. The molecule has 0 amide bonds. The zero-order valence-electron chi connectivity index (χ0n) is 9.19. The molecule has 1 saturated heterocycles. The van der Waals surface area contributed by atoms with Crippen LogP contribution in [0.3, 0.4) is 0 Å². The maximum Gasteiger partial charge on any atom is 0.123 e. The second kappa shape index (κ2) is 4.64. The van der Waals surface area contributed by atoms with Crippen LogP contribution >= 0.6 is 0 Å². The molecule has 0 radical (unpaired) electrons. The third-order valence-corrected chi connectivity index (χ3v) is 2.73. The largest absolute Gasteiger partial charge is 0.496 e. The molecule has 0 bridgehead atoms. The van der Waals surface area contributed by atoms with E-state index >= 15 is 0 Å². The Labute approximate surface area is 90.4 Å². The molecule has 1 aromatic rings. The van der Waals surface area contributed by atoms with E-state index in [4.69, 9.17) is 9.47 Å². The molecule has 1 aromatic carbocycles. The van der Waals surface area contributed by atoms with Gasteiger partial charge < -0.3 is 14.8 Å². The number of ether oxygens (including phenoxy) is 2. The number of para-hydroxylation sites is 1. The van der Waals surface area contributed by atoms with E-state index in [-0.39, 0.29) is 0 Å². The van der Waals surface area contributed by atoms with Crippen molar-refractivity contribution < 1.29 is 9.47 Å². The van der Waals surface area contributed by atoms with Crippen LogP contribution in [0.15, 0.2) is 24.3 Å².